The van der Waals surface area contributed by atoms with Crippen molar-refractivity contribution in [2.75, 3.05) is 0 Å². The Bertz CT molecular complexity index is 232. The summed E-state index contributed by atoms with van der Waals surface area (Å²) in [5.74, 6) is -0.0299. The van der Waals surface area contributed by atoms with E-state index in [1.807, 2.05) is 13.8 Å². The van der Waals surface area contributed by atoms with Crippen molar-refractivity contribution in [2.45, 2.75) is 33.3 Å². The van der Waals surface area contributed by atoms with Gasteiger partial charge in [-0.15, -0.1) is 0 Å². The highest BCUT2D eigenvalue weighted by Gasteiger charge is 2.57. The zero-order chi connectivity index (χ0) is 10.2. The highest BCUT2D eigenvalue weighted by molar-refractivity contribution is 5.80. The lowest BCUT2D eigenvalue weighted by atomic mass is 10.0. The Morgan fingerprint density at radius 3 is 2.46 bits per heavy atom. The molecule has 0 spiro atoms. The van der Waals surface area contributed by atoms with Gasteiger partial charge in [0.1, 0.15) is 12.4 Å². The van der Waals surface area contributed by atoms with Gasteiger partial charge >= 0.3 is 0 Å². The van der Waals surface area contributed by atoms with Gasteiger partial charge in [-0.05, 0) is 24.7 Å². The second-order valence-corrected chi connectivity index (χ2v) is 4.45. The summed E-state index contributed by atoms with van der Waals surface area (Å²) in [7, 11) is 0. The summed E-state index contributed by atoms with van der Waals surface area (Å²) >= 11 is 0. The smallest absolute Gasteiger partial charge is 0.158 e. The third-order valence-corrected chi connectivity index (χ3v) is 3.23. The molecule has 3 unspecified atom stereocenters. The standard InChI is InChI=1S/C10H16O3/c1-6(12)9(13)4-7-8(5-11)10(7,2)3/h5,7-9,13H,4H2,1-3H3. The minimum absolute atomic E-state index is 0.0153. The Morgan fingerprint density at radius 2 is 2.15 bits per heavy atom. The summed E-state index contributed by atoms with van der Waals surface area (Å²) in [6.07, 6.45) is 0.456. The van der Waals surface area contributed by atoms with Crippen molar-refractivity contribution in [1.29, 1.82) is 0 Å². The summed E-state index contributed by atoms with van der Waals surface area (Å²) in [4.78, 5) is 21.4. The lowest BCUT2D eigenvalue weighted by Gasteiger charge is -2.06. The third-order valence-electron chi connectivity index (χ3n) is 3.23. The topological polar surface area (TPSA) is 54.4 Å². The second kappa shape index (κ2) is 3.22. The van der Waals surface area contributed by atoms with Crippen molar-refractivity contribution in [2.24, 2.45) is 17.3 Å². The first-order chi connectivity index (χ1) is 5.91. The molecule has 3 heteroatoms. The average Bonchev–Trinajstić information content (AvgIpc) is 2.52. The predicted molar refractivity (Wildman–Crippen MR) is 48.1 cm³/mol. The van der Waals surface area contributed by atoms with E-state index in [0.717, 1.165) is 6.29 Å². The molecule has 0 heterocycles. The number of Topliss-reactive ketones (excluding diaryl/α,β-unsaturated/α-hetero) is 1. The van der Waals surface area contributed by atoms with E-state index in [4.69, 9.17) is 0 Å². The Balaban J connectivity index is 2.49. The van der Waals surface area contributed by atoms with Crippen LogP contribution in [0, 0.1) is 17.3 Å². The van der Waals surface area contributed by atoms with E-state index in [2.05, 4.69) is 0 Å². The van der Waals surface area contributed by atoms with Gasteiger partial charge in [0.25, 0.3) is 0 Å². The van der Waals surface area contributed by atoms with Gasteiger partial charge in [0, 0.05) is 5.92 Å². The lowest BCUT2D eigenvalue weighted by Crippen LogP contribution is -2.18. The number of hydrogen-bond acceptors (Lipinski definition) is 3. The molecule has 3 nitrogen and oxygen atoms in total. The van der Waals surface area contributed by atoms with Gasteiger partial charge < -0.3 is 9.90 Å². The van der Waals surface area contributed by atoms with Crippen molar-refractivity contribution in [3.8, 4) is 0 Å². The van der Waals surface area contributed by atoms with Gasteiger partial charge in [-0.3, -0.25) is 4.79 Å². The van der Waals surface area contributed by atoms with Crippen molar-refractivity contribution in [1.82, 2.24) is 0 Å². The summed E-state index contributed by atoms with van der Waals surface area (Å²) in [6.45, 7) is 5.35. The molecule has 0 saturated heterocycles. The molecule has 1 aliphatic rings. The van der Waals surface area contributed by atoms with Gasteiger partial charge in [0.2, 0.25) is 0 Å². The third kappa shape index (κ3) is 1.80. The molecule has 0 radical (unpaired) electrons. The molecular formula is C10H16O3. The number of aldehydes is 1. The number of rotatable bonds is 4. The summed E-state index contributed by atoms with van der Waals surface area (Å²) in [5, 5.41) is 9.32. The van der Waals surface area contributed by atoms with E-state index in [9.17, 15) is 14.7 Å². The molecule has 1 fully saturated rings. The minimum atomic E-state index is -0.894. The molecule has 74 valence electrons. The maximum atomic E-state index is 10.8. The predicted octanol–water partition coefficient (Wildman–Crippen LogP) is 0.797. The molecule has 1 N–H and O–H groups in total. The van der Waals surface area contributed by atoms with E-state index >= 15 is 0 Å². The van der Waals surface area contributed by atoms with E-state index in [1.165, 1.54) is 6.92 Å². The van der Waals surface area contributed by atoms with Gasteiger partial charge in [-0.2, -0.15) is 0 Å². The van der Waals surface area contributed by atoms with Crippen molar-refractivity contribution in [3.63, 3.8) is 0 Å². The van der Waals surface area contributed by atoms with Crippen LogP contribution in [-0.2, 0) is 9.59 Å². The normalized spacial score (nSPS) is 32.3. The molecule has 0 bridgehead atoms. The van der Waals surface area contributed by atoms with E-state index in [0.29, 0.717) is 6.42 Å². The van der Waals surface area contributed by atoms with Crippen LogP contribution in [0.1, 0.15) is 27.2 Å². The zero-order valence-electron chi connectivity index (χ0n) is 8.28. The molecule has 1 saturated carbocycles. The largest absolute Gasteiger partial charge is 0.385 e. The monoisotopic (exact) mass is 184 g/mol. The molecule has 0 amide bonds. The van der Waals surface area contributed by atoms with Crippen LogP contribution in [-0.4, -0.2) is 23.3 Å². The van der Waals surface area contributed by atoms with Crippen LogP contribution >= 0.6 is 0 Å². The fourth-order valence-electron chi connectivity index (χ4n) is 1.91. The summed E-state index contributed by atoms with van der Waals surface area (Å²) < 4.78 is 0. The van der Waals surface area contributed by atoms with Crippen LogP contribution in [0.4, 0.5) is 0 Å². The number of ketones is 1. The number of carbonyl (C=O) groups excluding carboxylic acids is 2. The molecule has 3 atom stereocenters. The number of aliphatic hydroxyl groups excluding tert-OH is 1. The quantitative estimate of drug-likeness (QED) is 0.657. The number of aliphatic hydroxyl groups is 1. The summed E-state index contributed by atoms with van der Waals surface area (Å²) in [5.41, 5.74) is -0.0296. The van der Waals surface area contributed by atoms with Gasteiger partial charge in [0.15, 0.2) is 5.78 Å². The van der Waals surface area contributed by atoms with Crippen molar-refractivity contribution in [3.05, 3.63) is 0 Å². The first-order valence-electron chi connectivity index (χ1n) is 4.55. The van der Waals surface area contributed by atoms with Crippen LogP contribution in [0.3, 0.4) is 0 Å². The Morgan fingerprint density at radius 1 is 1.62 bits per heavy atom. The Labute approximate surface area is 78.1 Å². The molecular weight excluding hydrogens is 168 g/mol. The molecule has 1 rings (SSSR count). The van der Waals surface area contributed by atoms with E-state index in [1.54, 1.807) is 0 Å². The minimum Gasteiger partial charge on any atom is -0.385 e. The molecule has 13 heavy (non-hydrogen) atoms. The average molecular weight is 184 g/mol. The van der Waals surface area contributed by atoms with Gasteiger partial charge in [-0.25, -0.2) is 0 Å². The SMILES string of the molecule is CC(=O)C(O)CC1C(C=O)C1(C)C. The molecule has 0 aromatic heterocycles. The first-order valence-corrected chi connectivity index (χ1v) is 4.55. The molecule has 1 aliphatic carbocycles. The van der Waals surface area contributed by atoms with Crippen LogP contribution in [0.25, 0.3) is 0 Å². The fraction of sp³-hybridized carbons (Fsp3) is 0.800. The van der Waals surface area contributed by atoms with E-state index in [-0.39, 0.29) is 23.0 Å². The molecule has 0 aliphatic heterocycles. The number of hydrogen-bond donors (Lipinski definition) is 1. The van der Waals surface area contributed by atoms with Crippen LogP contribution in [0.5, 0.6) is 0 Å². The van der Waals surface area contributed by atoms with Gasteiger partial charge in [0.05, 0.1) is 0 Å². The Hall–Kier alpha value is -0.700. The van der Waals surface area contributed by atoms with Crippen LogP contribution in [0.15, 0.2) is 0 Å². The molecule has 0 aromatic rings. The van der Waals surface area contributed by atoms with Crippen molar-refractivity contribution >= 4 is 12.1 Å². The second-order valence-electron chi connectivity index (χ2n) is 4.45. The fourth-order valence-corrected chi connectivity index (χ4v) is 1.91. The van der Waals surface area contributed by atoms with E-state index < -0.39 is 6.10 Å². The maximum absolute atomic E-state index is 10.8. The van der Waals surface area contributed by atoms with Crippen LogP contribution < -0.4 is 0 Å². The lowest BCUT2D eigenvalue weighted by molar-refractivity contribution is -0.125. The molecule has 0 aromatic carbocycles. The maximum Gasteiger partial charge on any atom is 0.158 e. The number of carbonyl (C=O) groups is 2. The van der Waals surface area contributed by atoms with Crippen LogP contribution in [0.2, 0.25) is 0 Å². The summed E-state index contributed by atoms with van der Waals surface area (Å²) in [6, 6.07) is 0. The highest BCUT2D eigenvalue weighted by Crippen LogP contribution is 2.59. The van der Waals surface area contributed by atoms with Gasteiger partial charge in [-0.1, -0.05) is 13.8 Å². The highest BCUT2D eigenvalue weighted by atomic mass is 16.3. The Kier molecular flexibility index (Phi) is 2.57. The first kappa shape index (κ1) is 10.4. The van der Waals surface area contributed by atoms with Crippen molar-refractivity contribution < 1.29 is 14.7 Å². The zero-order valence-corrected chi connectivity index (χ0v) is 8.28.